The number of nitrogens with zero attached hydrogens (tertiary/aromatic N) is 1. The molecule has 1 heterocycles. The highest BCUT2D eigenvalue weighted by Gasteiger charge is 2.31. The number of hydrogen-bond donors (Lipinski definition) is 1. The molecule has 1 unspecified atom stereocenters. The predicted molar refractivity (Wildman–Crippen MR) is 87.5 cm³/mol. The van der Waals surface area contributed by atoms with Crippen LogP contribution >= 0.6 is 15.9 Å². The van der Waals surface area contributed by atoms with E-state index in [2.05, 4.69) is 27.3 Å². The highest BCUT2D eigenvalue weighted by molar-refractivity contribution is 9.10. The van der Waals surface area contributed by atoms with Gasteiger partial charge < -0.3 is 15.0 Å². The van der Waals surface area contributed by atoms with Crippen LogP contribution in [-0.4, -0.2) is 38.1 Å². The Labute approximate surface area is 135 Å². The number of amides is 1. The molecule has 1 aromatic rings. The molecule has 1 aliphatic rings. The number of benzene rings is 1. The minimum Gasteiger partial charge on any atom is -0.496 e. The van der Waals surface area contributed by atoms with Gasteiger partial charge in [0, 0.05) is 23.0 Å². The minimum absolute atomic E-state index is 0.138. The summed E-state index contributed by atoms with van der Waals surface area (Å²) in [6.45, 7) is 1.73. The predicted octanol–water partition coefficient (Wildman–Crippen LogP) is 3.12. The maximum absolute atomic E-state index is 12.4. The van der Waals surface area contributed by atoms with Crippen LogP contribution in [0.15, 0.2) is 22.7 Å². The second kappa shape index (κ2) is 7.80. The normalized spacial score (nSPS) is 18.0. The summed E-state index contributed by atoms with van der Waals surface area (Å²) in [5.41, 5.74) is 1.10. The van der Waals surface area contributed by atoms with Gasteiger partial charge in [0.25, 0.3) is 0 Å². The number of hydrogen-bond acceptors (Lipinski definition) is 3. The van der Waals surface area contributed by atoms with Crippen molar-refractivity contribution in [2.75, 3.05) is 27.2 Å². The first kappa shape index (κ1) is 16.3. The number of nitrogens with one attached hydrogen (secondary N) is 1. The van der Waals surface area contributed by atoms with E-state index in [0.717, 1.165) is 48.1 Å². The van der Waals surface area contributed by atoms with Crippen LogP contribution in [-0.2, 0) is 4.79 Å². The maximum atomic E-state index is 12.4. The van der Waals surface area contributed by atoms with Crippen molar-refractivity contribution in [3.8, 4) is 5.75 Å². The van der Waals surface area contributed by atoms with Crippen molar-refractivity contribution in [2.24, 2.45) is 0 Å². The van der Waals surface area contributed by atoms with Crippen molar-refractivity contribution >= 4 is 21.8 Å². The van der Waals surface area contributed by atoms with Gasteiger partial charge in [-0.05, 0) is 51.1 Å². The van der Waals surface area contributed by atoms with Crippen LogP contribution in [0.2, 0.25) is 0 Å². The van der Waals surface area contributed by atoms with Crippen molar-refractivity contribution in [3.05, 3.63) is 28.2 Å². The van der Waals surface area contributed by atoms with Crippen LogP contribution in [0.4, 0.5) is 0 Å². The summed E-state index contributed by atoms with van der Waals surface area (Å²) in [5.74, 6) is 1.10. The first-order valence-corrected chi connectivity index (χ1v) is 8.24. The third kappa shape index (κ3) is 3.98. The minimum atomic E-state index is 0.138. The smallest absolute Gasteiger partial charge is 0.223 e. The molecule has 0 radical (unpaired) electrons. The number of carbonyl (C=O) groups excluding carboxylic acids is 1. The molecular formula is C16H23BrN2O2. The number of ether oxygens (including phenoxy) is 1. The number of likely N-dealkylation sites (tertiary alicyclic amines) is 1. The lowest BCUT2D eigenvalue weighted by molar-refractivity contribution is -0.132. The first-order valence-electron chi connectivity index (χ1n) is 7.45. The topological polar surface area (TPSA) is 41.6 Å². The second-order valence-electron chi connectivity index (χ2n) is 5.34. The molecule has 2 rings (SSSR count). The molecule has 21 heavy (non-hydrogen) atoms. The maximum Gasteiger partial charge on any atom is 0.223 e. The van der Waals surface area contributed by atoms with E-state index in [9.17, 15) is 4.79 Å². The number of halogens is 1. The van der Waals surface area contributed by atoms with Crippen molar-refractivity contribution in [1.82, 2.24) is 10.2 Å². The van der Waals surface area contributed by atoms with E-state index in [1.54, 1.807) is 7.11 Å². The van der Waals surface area contributed by atoms with Gasteiger partial charge in [-0.3, -0.25) is 4.79 Å². The molecule has 1 aliphatic heterocycles. The fraction of sp³-hybridized carbons (Fsp3) is 0.562. The summed E-state index contributed by atoms with van der Waals surface area (Å²) in [5, 5.41) is 3.09. The lowest BCUT2D eigenvalue weighted by Gasteiger charge is -2.26. The van der Waals surface area contributed by atoms with Crippen LogP contribution in [0.3, 0.4) is 0 Å². The second-order valence-corrected chi connectivity index (χ2v) is 6.25. The number of carbonyl (C=O) groups is 1. The third-order valence-corrected chi connectivity index (χ3v) is 4.43. The molecule has 1 fully saturated rings. The van der Waals surface area contributed by atoms with Gasteiger partial charge in [-0.25, -0.2) is 0 Å². The van der Waals surface area contributed by atoms with E-state index in [1.165, 1.54) is 0 Å². The fourth-order valence-electron chi connectivity index (χ4n) is 2.91. The quantitative estimate of drug-likeness (QED) is 0.798. The van der Waals surface area contributed by atoms with E-state index in [-0.39, 0.29) is 11.9 Å². The fourth-order valence-corrected chi connectivity index (χ4v) is 3.29. The Bertz CT molecular complexity index is 493. The van der Waals surface area contributed by atoms with Gasteiger partial charge in [0.05, 0.1) is 13.2 Å². The monoisotopic (exact) mass is 354 g/mol. The highest BCUT2D eigenvalue weighted by Crippen LogP contribution is 2.38. The molecule has 1 aromatic carbocycles. The Kier molecular flexibility index (Phi) is 6.06. The van der Waals surface area contributed by atoms with E-state index < -0.39 is 0 Å². The molecule has 4 nitrogen and oxygen atoms in total. The largest absolute Gasteiger partial charge is 0.496 e. The number of rotatable bonds is 6. The zero-order valence-electron chi connectivity index (χ0n) is 12.7. The van der Waals surface area contributed by atoms with Crippen LogP contribution in [0.25, 0.3) is 0 Å². The zero-order valence-corrected chi connectivity index (χ0v) is 14.3. The van der Waals surface area contributed by atoms with Crippen LogP contribution in [0.1, 0.15) is 37.3 Å². The SMILES string of the molecule is CNCCCC(=O)N1CCCC1c1cc(Br)ccc1OC. The molecule has 1 saturated heterocycles. The van der Waals surface area contributed by atoms with E-state index >= 15 is 0 Å². The van der Waals surface area contributed by atoms with Crippen molar-refractivity contribution in [1.29, 1.82) is 0 Å². The van der Waals surface area contributed by atoms with Crippen molar-refractivity contribution in [3.63, 3.8) is 0 Å². The molecule has 116 valence electrons. The molecule has 0 aliphatic carbocycles. The third-order valence-electron chi connectivity index (χ3n) is 3.94. The standard InChI is InChI=1S/C16H23BrN2O2/c1-18-9-3-6-16(20)19-10-4-5-14(19)13-11-12(17)7-8-15(13)21-2/h7-8,11,14,18H,3-6,9-10H2,1-2H3. The van der Waals surface area contributed by atoms with Crippen molar-refractivity contribution < 1.29 is 9.53 Å². The highest BCUT2D eigenvalue weighted by atomic mass is 79.9. The van der Waals surface area contributed by atoms with Crippen molar-refractivity contribution in [2.45, 2.75) is 31.7 Å². The lowest BCUT2D eigenvalue weighted by atomic mass is 10.0. The molecule has 5 heteroatoms. The van der Waals surface area contributed by atoms with Gasteiger partial charge in [-0.15, -0.1) is 0 Å². The summed E-state index contributed by atoms with van der Waals surface area (Å²) in [7, 11) is 3.59. The Balaban J connectivity index is 2.14. The van der Waals surface area contributed by atoms with Gasteiger partial charge in [0.2, 0.25) is 5.91 Å². The Morgan fingerprint density at radius 2 is 2.33 bits per heavy atom. The molecule has 0 bridgehead atoms. The summed E-state index contributed by atoms with van der Waals surface area (Å²) in [6.07, 6.45) is 3.55. The average molecular weight is 355 g/mol. The van der Waals surface area contributed by atoms with Gasteiger partial charge in [0.15, 0.2) is 0 Å². The molecular weight excluding hydrogens is 332 g/mol. The molecule has 0 spiro atoms. The van der Waals surface area contributed by atoms with E-state index in [0.29, 0.717) is 6.42 Å². The van der Waals surface area contributed by atoms with Gasteiger partial charge in [0.1, 0.15) is 5.75 Å². The van der Waals surface area contributed by atoms with Gasteiger partial charge >= 0.3 is 0 Å². The zero-order chi connectivity index (χ0) is 15.2. The van der Waals surface area contributed by atoms with E-state index in [4.69, 9.17) is 4.74 Å². The average Bonchev–Trinajstić information content (AvgIpc) is 2.96. The molecule has 0 saturated carbocycles. The molecule has 1 N–H and O–H groups in total. The number of methoxy groups -OCH3 is 1. The van der Waals surface area contributed by atoms with Gasteiger partial charge in [-0.2, -0.15) is 0 Å². The molecule has 0 aromatic heterocycles. The summed E-state index contributed by atoms with van der Waals surface area (Å²) in [4.78, 5) is 14.4. The van der Waals surface area contributed by atoms with Crippen LogP contribution in [0.5, 0.6) is 5.75 Å². The first-order chi connectivity index (χ1) is 10.2. The lowest BCUT2D eigenvalue weighted by Crippen LogP contribution is -2.31. The Hall–Kier alpha value is -1.07. The van der Waals surface area contributed by atoms with E-state index in [1.807, 2.05) is 24.1 Å². The molecule has 1 amide bonds. The molecule has 1 atom stereocenters. The van der Waals surface area contributed by atoms with Gasteiger partial charge in [-0.1, -0.05) is 15.9 Å². The summed E-state index contributed by atoms with van der Waals surface area (Å²) < 4.78 is 6.49. The summed E-state index contributed by atoms with van der Waals surface area (Å²) in [6, 6.07) is 6.14. The van der Waals surface area contributed by atoms with Crippen LogP contribution < -0.4 is 10.1 Å². The Morgan fingerprint density at radius 3 is 3.05 bits per heavy atom. The summed E-state index contributed by atoms with van der Waals surface area (Å²) >= 11 is 3.51. The Morgan fingerprint density at radius 1 is 1.52 bits per heavy atom. The van der Waals surface area contributed by atoms with Crippen LogP contribution in [0, 0.1) is 0 Å².